The molecule has 7 heteroatoms. The molecule has 0 aromatic heterocycles. The lowest BCUT2D eigenvalue weighted by Crippen LogP contribution is -2.02. The molecule has 0 amide bonds. The van der Waals surface area contributed by atoms with Crippen LogP contribution >= 0.6 is 10.7 Å². The number of hydrogen-bond acceptors (Lipinski definition) is 3. The Kier molecular flexibility index (Phi) is 3.88. The first-order valence-electron chi connectivity index (χ1n) is 4.04. The van der Waals surface area contributed by atoms with E-state index in [2.05, 4.69) is 6.58 Å². The highest BCUT2D eigenvalue weighted by molar-refractivity contribution is 8.13. The molecule has 0 radical (unpaired) electrons. The van der Waals surface area contributed by atoms with E-state index in [-0.39, 0.29) is 6.61 Å². The van der Waals surface area contributed by atoms with Gasteiger partial charge in [0.25, 0.3) is 9.05 Å². The maximum atomic E-state index is 13.3. The fourth-order valence-electron chi connectivity index (χ4n) is 0.963. The van der Waals surface area contributed by atoms with Crippen LogP contribution in [0.2, 0.25) is 0 Å². The zero-order valence-corrected chi connectivity index (χ0v) is 9.49. The first kappa shape index (κ1) is 12.9. The predicted molar refractivity (Wildman–Crippen MR) is 55.1 cm³/mol. The van der Waals surface area contributed by atoms with Crippen molar-refractivity contribution >= 4 is 19.7 Å². The lowest BCUT2D eigenvalue weighted by atomic mass is 10.3. The van der Waals surface area contributed by atoms with Crippen molar-refractivity contribution in [2.45, 2.75) is 4.90 Å². The van der Waals surface area contributed by atoms with Crippen molar-refractivity contribution < 1.29 is 21.9 Å². The van der Waals surface area contributed by atoms with Crippen LogP contribution in [0.3, 0.4) is 0 Å². The third-order valence-electron chi connectivity index (χ3n) is 1.63. The Balaban J connectivity index is 3.23. The highest BCUT2D eigenvalue weighted by atomic mass is 35.7. The Morgan fingerprint density at radius 1 is 1.38 bits per heavy atom. The van der Waals surface area contributed by atoms with Crippen molar-refractivity contribution in [3.8, 4) is 5.75 Å². The second-order valence-corrected chi connectivity index (χ2v) is 5.26. The summed E-state index contributed by atoms with van der Waals surface area (Å²) in [5, 5.41) is 0. The lowest BCUT2D eigenvalue weighted by Gasteiger charge is -2.06. The van der Waals surface area contributed by atoms with Crippen LogP contribution in [0.1, 0.15) is 0 Å². The summed E-state index contributed by atoms with van der Waals surface area (Å²) in [6.45, 7) is 3.30. The molecule has 0 aliphatic heterocycles. The Bertz CT molecular complexity index is 514. The zero-order valence-electron chi connectivity index (χ0n) is 7.91. The topological polar surface area (TPSA) is 43.4 Å². The van der Waals surface area contributed by atoms with Crippen LogP contribution in [0.25, 0.3) is 0 Å². The number of ether oxygens (including phenoxy) is 1. The fraction of sp³-hybridized carbons (Fsp3) is 0.111. The van der Waals surface area contributed by atoms with E-state index in [0.717, 1.165) is 12.1 Å². The van der Waals surface area contributed by atoms with Crippen LogP contribution < -0.4 is 4.74 Å². The highest BCUT2D eigenvalue weighted by Crippen LogP contribution is 2.27. The second kappa shape index (κ2) is 4.80. The maximum absolute atomic E-state index is 13.3. The highest BCUT2D eigenvalue weighted by Gasteiger charge is 2.22. The fourth-order valence-corrected chi connectivity index (χ4v) is 1.85. The molecule has 1 aromatic rings. The molecule has 0 bridgehead atoms. The number of hydrogen-bond donors (Lipinski definition) is 0. The zero-order chi connectivity index (χ0) is 12.3. The van der Waals surface area contributed by atoms with Gasteiger partial charge in [-0.1, -0.05) is 12.7 Å². The van der Waals surface area contributed by atoms with Crippen molar-refractivity contribution in [3.63, 3.8) is 0 Å². The minimum atomic E-state index is -4.31. The van der Waals surface area contributed by atoms with E-state index in [1.165, 1.54) is 6.08 Å². The van der Waals surface area contributed by atoms with E-state index < -0.39 is 31.3 Å². The van der Waals surface area contributed by atoms with Crippen LogP contribution in [0, 0.1) is 11.6 Å². The summed E-state index contributed by atoms with van der Waals surface area (Å²) in [4.78, 5) is -0.919. The Hall–Kier alpha value is -1.14. The van der Waals surface area contributed by atoms with Gasteiger partial charge < -0.3 is 4.74 Å². The molecule has 0 N–H and O–H groups in total. The molecule has 0 saturated heterocycles. The van der Waals surface area contributed by atoms with Gasteiger partial charge in [-0.05, 0) is 12.1 Å². The minimum absolute atomic E-state index is 0.0245. The largest absolute Gasteiger partial charge is 0.486 e. The van der Waals surface area contributed by atoms with Gasteiger partial charge in [-0.15, -0.1) is 0 Å². The van der Waals surface area contributed by atoms with Crippen LogP contribution in [0.15, 0.2) is 29.7 Å². The average molecular weight is 269 g/mol. The van der Waals surface area contributed by atoms with E-state index in [1.54, 1.807) is 0 Å². The molecule has 1 aromatic carbocycles. The first-order chi connectivity index (χ1) is 7.38. The standard InChI is InChI=1S/C9H7ClF2O3S/c1-2-5-15-6-3-4-7(16(10,13)14)9(12)8(6)11/h2-4H,1,5H2. The summed E-state index contributed by atoms with van der Waals surface area (Å²) in [7, 11) is 0.589. The third-order valence-corrected chi connectivity index (χ3v) is 2.97. The molecule has 0 aliphatic rings. The monoisotopic (exact) mass is 268 g/mol. The van der Waals surface area contributed by atoms with Gasteiger partial charge in [0.2, 0.25) is 5.82 Å². The Labute approximate surface area is 95.7 Å². The van der Waals surface area contributed by atoms with Crippen molar-refractivity contribution in [3.05, 3.63) is 36.4 Å². The van der Waals surface area contributed by atoms with Crippen molar-refractivity contribution in [1.29, 1.82) is 0 Å². The summed E-state index contributed by atoms with van der Waals surface area (Å²) in [5.74, 6) is -3.36. The molecule has 1 rings (SSSR count). The normalized spacial score (nSPS) is 11.2. The van der Waals surface area contributed by atoms with Crippen LogP contribution in [0.4, 0.5) is 8.78 Å². The molecular formula is C9H7ClF2O3S. The Morgan fingerprint density at radius 2 is 2.00 bits per heavy atom. The molecule has 88 valence electrons. The molecule has 0 atom stereocenters. The molecule has 0 heterocycles. The number of halogens is 3. The molecular weight excluding hydrogens is 262 g/mol. The average Bonchev–Trinajstić information content (AvgIpc) is 2.18. The van der Waals surface area contributed by atoms with E-state index in [4.69, 9.17) is 15.4 Å². The van der Waals surface area contributed by atoms with Gasteiger partial charge >= 0.3 is 0 Å². The van der Waals surface area contributed by atoms with E-state index in [9.17, 15) is 17.2 Å². The van der Waals surface area contributed by atoms with Crippen LogP contribution in [-0.2, 0) is 9.05 Å². The van der Waals surface area contributed by atoms with E-state index in [1.807, 2.05) is 0 Å². The maximum Gasteiger partial charge on any atom is 0.264 e. The van der Waals surface area contributed by atoms with Gasteiger partial charge in [0.15, 0.2) is 11.6 Å². The molecule has 0 aliphatic carbocycles. The van der Waals surface area contributed by atoms with Gasteiger partial charge in [-0.2, -0.15) is 4.39 Å². The quantitative estimate of drug-likeness (QED) is 0.622. The van der Waals surface area contributed by atoms with E-state index in [0.29, 0.717) is 0 Å². The van der Waals surface area contributed by atoms with Crippen LogP contribution in [0.5, 0.6) is 5.75 Å². The third kappa shape index (κ3) is 2.70. The SMILES string of the molecule is C=CCOc1ccc(S(=O)(=O)Cl)c(F)c1F. The van der Waals surface area contributed by atoms with Crippen LogP contribution in [-0.4, -0.2) is 15.0 Å². The van der Waals surface area contributed by atoms with Crippen molar-refractivity contribution in [2.24, 2.45) is 0 Å². The molecule has 0 fully saturated rings. The van der Waals surface area contributed by atoms with Gasteiger partial charge in [0.05, 0.1) is 0 Å². The lowest BCUT2D eigenvalue weighted by molar-refractivity contribution is 0.330. The number of benzene rings is 1. The smallest absolute Gasteiger partial charge is 0.264 e. The van der Waals surface area contributed by atoms with Crippen molar-refractivity contribution in [1.82, 2.24) is 0 Å². The first-order valence-corrected chi connectivity index (χ1v) is 6.35. The number of rotatable bonds is 4. The summed E-state index contributed by atoms with van der Waals surface area (Å²) in [6.07, 6.45) is 1.34. The molecule has 16 heavy (non-hydrogen) atoms. The summed E-state index contributed by atoms with van der Waals surface area (Å²) < 4.78 is 52.9. The van der Waals surface area contributed by atoms with E-state index >= 15 is 0 Å². The second-order valence-electron chi connectivity index (χ2n) is 2.73. The van der Waals surface area contributed by atoms with Gasteiger partial charge in [-0.3, -0.25) is 0 Å². The van der Waals surface area contributed by atoms with Crippen molar-refractivity contribution in [2.75, 3.05) is 6.61 Å². The molecule has 3 nitrogen and oxygen atoms in total. The summed E-state index contributed by atoms with van der Waals surface area (Å²) in [5.41, 5.74) is 0. The summed E-state index contributed by atoms with van der Waals surface area (Å²) in [6, 6.07) is 1.82. The Morgan fingerprint density at radius 3 is 2.50 bits per heavy atom. The minimum Gasteiger partial charge on any atom is -0.486 e. The predicted octanol–water partition coefficient (Wildman–Crippen LogP) is 2.46. The molecule has 0 unspecified atom stereocenters. The van der Waals surface area contributed by atoms with Gasteiger partial charge in [0, 0.05) is 10.7 Å². The summed E-state index contributed by atoms with van der Waals surface area (Å²) >= 11 is 0. The van der Waals surface area contributed by atoms with Gasteiger partial charge in [0.1, 0.15) is 11.5 Å². The van der Waals surface area contributed by atoms with Gasteiger partial charge in [-0.25, -0.2) is 12.8 Å². The molecule has 0 saturated carbocycles. The molecule has 0 spiro atoms.